The number of ketones is 1. The van der Waals surface area contributed by atoms with Gasteiger partial charge in [-0.2, -0.15) is 0 Å². The molecule has 2 atom stereocenters. The Balaban J connectivity index is 2.28. The Labute approximate surface area is 103 Å². The van der Waals surface area contributed by atoms with Gasteiger partial charge < -0.3 is 0 Å². The molecule has 17 heavy (non-hydrogen) atoms. The summed E-state index contributed by atoms with van der Waals surface area (Å²) in [4.78, 5) is 26.0. The number of hydrogen-bond donors (Lipinski definition) is 0. The first-order valence-electron chi connectivity index (χ1n) is 5.34. The van der Waals surface area contributed by atoms with E-state index in [1.54, 1.807) is 12.1 Å². The monoisotopic (exact) mass is 254 g/mol. The van der Waals surface area contributed by atoms with Crippen molar-refractivity contribution in [3.8, 4) is 0 Å². The van der Waals surface area contributed by atoms with E-state index in [0.717, 1.165) is 0 Å². The third kappa shape index (κ3) is 2.61. The predicted molar refractivity (Wildman–Crippen MR) is 61.6 cm³/mol. The fourth-order valence-electron chi connectivity index (χ4n) is 2.19. The van der Waals surface area contributed by atoms with Gasteiger partial charge in [-0.3, -0.25) is 14.9 Å². The number of carbonyl (C=O) groups excluding carboxylic acids is 1. The van der Waals surface area contributed by atoms with E-state index in [1.165, 1.54) is 6.20 Å². The van der Waals surface area contributed by atoms with Crippen molar-refractivity contribution in [3.63, 3.8) is 0 Å². The highest BCUT2D eigenvalue weighted by Crippen LogP contribution is 2.32. The summed E-state index contributed by atoms with van der Waals surface area (Å²) in [5, 5.41) is 11.3. The van der Waals surface area contributed by atoms with Crippen molar-refractivity contribution in [1.29, 1.82) is 0 Å². The molecule has 90 valence electrons. The first kappa shape index (κ1) is 12.0. The largest absolute Gasteiger partial charge is 0.300 e. The lowest BCUT2D eigenvalue weighted by atomic mass is 9.80. The second kappa shape index (κ2) is 4.79. The Morgan fingerprint density at radius 1 is 1.47 bits per heavy atom. The van der Waals surface area contributed by atoms with Crippen molar-refractivity contribution in [2.75, 3.05) is 0 Å². The Kier molecular flexibility index (Phi) is 3.38. The Bertz CT molecular complexity index is 447. The molecular formula is C11H11ClN2O3. The average molecular weight is 255 g/mol. The van der Waals surface area contributed by atoms with E-state index >= 15 is 0 Å². The lowest BCUT2D eigenvalue weighted by Gasteiger charge is -2.24. The van der Waals surface area contributed by atoms with E-state index < -0.39 is 6.04 Å². The van der Waals surface area contributed by atoms with Crippen LogP contribution in [-0.2, 0) is 4.79 Å². The molecule has 0 spiro atoms. The van der Waals surface area contributed by atoms with Crippen LogP contribution in [0.1, 0.15) is 30.7 Å². The van der Waals surface area contributed by atoms with E-state index in [0.29, 0.717) is 23.6 Å². The number of halogens is 1. The molecule has 0 N–H and O–H groups in total. The lowest BCUT2D eigenvalue weighted by molar-refractivity contribution is -0.528. The molecule has 1 aliphatic carbocycles. The zero-order valence-corrected chi connectivity index (χ0v) is 9.76. The van der Waals surface area contributed by atoms with E-state index in [4.69, 9.17) is 11.6 Å². The molecule has 1 aromatic rings. The van der Waals surface area contributed by atoms with Gasteiger partial charge in [-0.1, -0.05) is 17.7 Å². The topological polar surface area (TPSA) is 73.1 Å². The van der Waals surface area contributed by atoms with E-state index in [9.17, 15) is 14.9 Å². The molecule has 0 amide bonds. The molecule has 0 aromatic carbocycles. The van der Waals surface area contributed by atoms with Crippen molar-refractivity contribution < 1.29 is 9.72 Å². The Hall–Kier alpha value is -1.49. The number of pyridine rings is 1. The van der Waals surface area contributed by atoms with Crippen molar-refractivity contribution in [2.45, 2.75) is 31.2 Å². The highest BCUT2D eigenvalue weighted by Gasteiger charge is 2.38. The van der Waals surface area contributed by atoms with Crippen LogP contribution in [-0.4, -0.2) is 21.7 Å². The summed E-state index contributed by atoms with van der Waals surface area (Å²) in [5.41, 5.74) is 0.712. The molecule has 1 aliphatic rings. The highest BCUT2D eigenvalue weighted by atomic mass is 35.5. The molecule has 1 fully saturated rings. The number of rotatable bonds is 2. The highest BCUT2D eigenvalue weighted by molar-refractivity contribution is 6.29. The van der Waals surface area contributed by atoms with Gasteiger partial charge in [-0.25, -0.2) is 4.98 Å². The summed E-state index contributed by atoms with van der Waals surface area (Å²) in [7, 11) is 0. The molecule has 6 heteroatoms. The number of nitrogens with zero attached hydrogens (tertiary/aromatic N) is 2. The molecule has 1 aromatic heterocycles. The van der Waals surface area contributed by atoms with Crippen molar-refractivity contribution in [2.24, 2.45) is 0 Å². The Morgan fingerprint density at radius 2 is 2.24 bits per heavy atom. The maximum Gasteiger partial charge on any atom is 0.220 e. The van der Waals surface area contributed by atoms with Gasteiger partial charge in [0.25, 0.3) is 0 Å². The van der Waals surface area contributed by atoms with Crippen LogP contribution in [0.25, 0.3) is 0 Å². The van der Waals surface area contributed by atoms with E-state index in [-0.39, 0.29) is 23.0 Å². The molecule has 0 radical (unpaired) electrons. The fourth-order valence-corrected chi connectivity index (χ4v) is 2.30. The second-order valence-electron chi connectivity index (χ2n) is 4.15. The van der Waals surface area contributed by atoms with Gasteiger partial charge in [0.15, 0.2) is 0 Å². The maximum absolute atomic E-state index is 11.4. The summed E-state index contributed by atoms with van der Waals surface area (Å²) in [6.45, 7) is 0. The van der Waals surface area contributed by atoms with Crippen molar-refractivity contribution in [1.82, 2.24) is 4.98 Å². The molecule has 1 saturated carbocycles. The van der Waals surface area contributed by atoms with Gasteiger partial charge in [0.05, 0.1) is 5.92 Å². The summed E-state index contributed by atoms with van der Waals surface area (Å²) < 4.78 is 0. The van der Waals surface area contributed by atoms with Crippen molar-refractivity contribution >= 4 is 17.4 Å². The molecule has 0 saturated heterocycles. The summed E-state index contributed by atoms with van der Waals surface area (Å²) >= 11 is 5.67. The van der Waals surface area contributed by atoms with Gasteiger partial charge >= 0.3 is 0 Å². The van der Waals surface area contributed by atoms with Crippen LogP contribution < -0.4 is 0 Å². The second-order valence-corrected chi connectivity index (χ2v) is 4.54. The first-order chi connectivity index (χ1) is 8.08. The quantitative estimate of drug-likeness (QED) is 0.461. The summed E-state index contributed by atoms with van der Waals surface area (Å²) in [6, 6.07) is 2.60. The lowest BCUT2D eigenvalue weighted by Crippen LogP contribution is -2.34. The van der Waals surface area contributed by atoms with Gasteiger partial charge in [0, 0.05) is 30.4 Å². The van der Waals surface area contributed by atoms with Crippen LogP contribution in [0.5, 0.6) is 0 Å². The fraction of sp³-hybridized carbons (Fsp3) is 0.455. The molecular weight excluding hydrogens is 244 g/mol. The zero-order valence-electron chi connectivity index (χ0n) is 9.01. The third-order valence-electron chi connectivity index (χ3n) is 3.08. The molecule has 1 heterocycles. The molecule has 0 aliphatic heterocycles. The average Bonchev–Trinajstić information content (AvgIpc) is 2.29. The minimum Gasteiger partial charge on any atom is -0.300 e. The minimum absolute atomic E-state index is 0.0723. The number of carbonyl (C=O) groups is 1. The standard InChI is InChI=1S/C11H11ClN2O3/c12-11-4-1-7(6-13-11)9-5-8(15)2-3-10(9)14(16)17/h1,4,6,9-10H,2-3,5H2/t9-,10-/m1/s1. The van der Waals surface area contributed by atoms with E-state index in [2.05, 4.69) is 4.98 Å². The molecule has 2 rings (SSSR count). The molecule has 0 bridgehead atoms. The number of aromatic nitrogens is 1. The van der Waals surface area contributed by atoms with Crippen LogP contribution in [0.15, 0.2) is 18.3 Å². The zero-order chi connectivity index (χ0) is 12.4. The van der Waals surface area contributed by atoms with Crippen LogP contribution in [0.2, 0.25) is 5.15 Å². The smallest absolute Gasteiger partial charge is 0.220 e. The molecule has 0 unspecified atom stereocenters. The minimum atomic E-state index is -0.698. The van der Waals surface area contributed by atoms with Gasteiger partial charge in [-0.05, 0) is 11.6 Å². The van der Waals surface area contributed by atoms with Gasteiger partial charge in [0.2, 0.25) is 6.04 Å². The Morgan fingerprint density at radius 3 is 2.82 bits per heavy atom. The van der Waals surface area contributed by atoms with Gasteiger partial charge in [-0.15, -0.1) is 0 Å². The van der Waals surface area contributed by atoms with Crippen LogP contribution in [0.4, 0.5) is 0 Å². The SMILES string of the molecule is O=C1CC[C@@H]([N+](=O)[O-])[C@@H](c2ccc(Cl)nc2)C1. The first-order valence-corrected chi connectivity index (χ1v) is 5.72. The normalized spacial score (nSPS) is 24.6. The van der Waals surface area contributed by atoms with Crippen LogP contribution in [0, 0.1) is 10.1 Å². The maximum atomic E-state index is 11.4. The van der Waals surface area contributed by atoms with Crippen LogP contribution in [0.3, 0.4) is 0 Å². The van der Waals surface area contributed by atoms with E-state index in [1.807, 2.05) is 0 Å². The number of nitro groups is 1. The molecule has 5 nitrogen and oxygen atoms in total. The summed E-state index contributed by atoms with van der Waals surface area (Å²) in [6.07, 6.45) is 2.33. The van der Waals surface area contributed by atoms with Gasteiger partial charge in [0.1, 0.15) is 10.9 Å². The predicted octanol–water partition coefficient (Wildman–Crippen LogP) is 2.22. The number of hydrogen-bond acceptors (Lipinski definition) is 4. The third-order valence-corrected chi connectivity index (χ3v) is 3.30. The van der Waals surface area contributed by atoms with Crippen LogP contribution >= 0.6 is 11.6 Å². The summed E-state index contributed by atoms with van der Waals surface area (Å²) in [5.74, 6) is -0.306. The number of Topliss-reactive ketones (excluding diaryl/α,β-unsaturated/α-hetero) is 1. The van der Waals surface area contributed by atoms with Crippen molar-refractivity contribution in [3.05, 3.63) is 39.2 Å².